The van der Waals surface area contributed by atoms with Gasteiger partial charge >= 0.3 is 0 Å². The molecule has 2 fully saturated rings. The summed E-state index contributed by atoms with van der Waals surface area (Å²) >= 11 is 0. The van der Waals surface area contributed by atoms with Crippen molar-refractivity contribution in [2.45, 2.75) is 45.1 Å². The molecule has 2 aliphatic rings. The molecule has 0 N–H and O–H groups in total. The third kappa shape index (κ3) is 6.52. The highest BCUT2D eigenvalue weighted by Crippen LogP contribution is 2.23. The number of hydrogen-bond donors (Lipinski definition) is 0. The lowest BCUT2D eigenvalue weighted by Gasteiger charge is -2.33. The summed E-state index contributed by atoms with van der Waals surface area (Å²) in [6.45, 7) is 4.55. The Hall–Kier alpha value is -3.02. The second-order valence-electron chi connectivity index (χ2n) is 9.48. The molecule has 2 aromatic carbocycles. The molecule has 2 heterocycles. The maximum Gasteiger partial charge on any atom is 0.225 e. The Kier molecular flexibility index (Phi) is 8.45. The SMILES string of the molecule is CN(Cc1ccc(N2CCCCC2)cc1)C(=O)C1CCN(C(=O)CCOc2ccccc2)CC1. The van der Waals surface area contributed by atoms with E-state index < -0.39 is 0 Å². The van der Waals surface area contributed by atoms with Crippen LogP contribution < -0.4 is 9.64 Å². The molecule has 0 spiro atoms. The van der Waals surface area contributed by atoms with E-state index in [4.69, 9.17) is 4.74 Å². The number of hydrogen-bond acceptors (Lipinski definition) is 4. The van der Waals surface area contributed by atoms with Crippen molar-refractivity contribution in [2.75, 3.05) is 44.7 Å². The first-order valence-corrected chi connectivity index (χ1v) is 12.6. The molecule has 0 bridgehead atoms. The summed E-state index contributed by atoms with van der Waals surface area (Å²) in [6, 6.07) is 18.2. The minimum atomic E-state index is -0.0118. The first-order valence-electron chi connectivity index (χ1n) is 12.6. The fourth-order valence-electron chi connectivity index (χ4n) is 4.93. The van der Waals surface area contributed by atoms with E-state index in [1.165, 1.54) is 24.9 Å². The molecular formula is C28H37N3O3. The number of piperidine rings is 2. The van der Waals surface area contributed by atoms with Gasteiger partial charge in [-0.3, -0.25) is 9.59 Å². The van der Waals surface area contributed by atoms with E-state index >= 15 is 0 Å². The lowest BCUT2D eigenvalue weighted by atomic mass is 9.95. The van der Waals surface area contributed by atoms with Crippen LogP contribution in [0.15, 0.2) is 54.6 Å². The highest BCUT2D eigenvalue weighted by molar-refractivity contribution is 5.80. The topological polar surface area (TPSA) is 53.1 Å². The number of benzene rings is 2. The molecular weight excluding hydrogens is 426 g/mol. The molecule has 0 atom stereocenters. The predicted octanol–water partition coefficient (Wildman–Crippen LogP) is 4.34. The molecule has 2 aliphatic heterocycles. The second kappa shape index (κ2) is 11.9. The van der Waals surface area contributed by atoms with Crippen LogP contribution in [-0.2, 0) is 16.1 Å². The van der Waals surface area contributed by atoms with Gasteiger partial charge in [-0.1, -0.05) is 30.3 Å². The van der Waals surface area contributed by atoms with E-state index in [1.54, 1.807) is 0 Å². The van der Waals surface area contributed by atoms with Gasteiger partial charge < -0.3 is 19.4 Å². The van der Waals surface area contributed by atoms with Crippen molar-refractivity contribution in [2.24, 2.45) is 5.92 Å². The quantitative estimate of drug-likeness (QED) is 0.584. The normalized spacial score (nSPS) is 16.9. The summed E-state index contributed by atoms with van der Waals surface area (Å²) in [7, 11) is 1.89. The minimum absolute atomic E-state index is 0.0118. The van der Waals surface area contributed by atoms with E-state index in [-0.39, 0.29) is 17.7 Å². The lowest BCUT2D eigenvalue weighted by molar-refractivity contribution is -0.140. The molecule has 0 unspecified atom stereocenters. The Morgan fingerprint density at radius 3 is 2.26 bits per heavy atom. The molecule has 2 saturated heterocycles. The Labute approximate surface area is 203 Å². The summed E-state index contributed by atoms with van der Waals surface area (Å²) < 4.78 is 5.65. The Morgan fingerprint density at radius 2 is 1.59 bits per heavy atom. The van der Waals surface area contributed by atoms with Crippen molar-refractivity contribution in [1.82, 2.24) is 9.80 Å². The number of rotatable bonds is 8. The highest BCUT2D eigenvalue weighted by Gasteiger charge is 2.29. The van der Waals surface area contributed by atoms with Crippen molar-refractivity contribution < 1.29 is 14.3 Å². The molecule has 0 saturated carbocycles. The number of anilines is 1. The predicted molar refractivity (Wildman–Crippen MR) is 135 cm³/mol. The van der Waals surface area contributed by atoms with Crippen LogP contribution in [0.2, 0.25) is 0 Å². The van der Waals surface area contributed by atoms with E-state index in [1.807, 2.05) is 47.2 Å². The Balaban J connectivity index is 1.18. The van der Waals surface area contributed by atoms with Crippen LogP contribution in [0.4, 0.5) is 5.69 Å². The van der Waals surface area contributed by atoms with Crippen LogP contribution in [0.3, 0.4) is 0 Å². The zero-order valence-corrected chi connectivity index (χ0v) is 20.3. The van der Waals surface area contributed by atoms with Crippen LogP contribution in [0, 0.1) is 5.92 Å². The first-order chi connectivity index (χ1) is 16.6. The van der Waals surface area contributed by atoms with Crippen LogP contribution in [-0.4, -0.2) is 61.4 Å². The molecule has 4 rings (SSSR count). The molecule has 2 amide bonds. The largest absolute Gasteiger partial charge is 0.493 e. The summed E-state index contributed by atoms with van der Waals surface area (Å²) in [5.41, 5.74) is 2.44. The Bertz CT molecular complexity index is 918. The summed E-state index contributed by atoms with van der Waals surface area (Å²) in [4.78, 5) is 31.7. The van der Waals surface area contributed by atoms with E-state index in [0.29, 0.717) is 32.7 Å². The number of carbonyl (C=O) groups excluding carboxylic acids is 2. The van der Waals surface area contributed by atoms with Gasteiger partial charge in [0.05, 0.1) is 13.0 Å². The van der Waals surface area contributed by atoms with Crippen LogP contribution >= 0.6 is 0 Å². The monoisotopic (exact) mass is 463 g/mol. The first kappa shape index (κ1) is 24.1. The van der Waals surface area contributed by atoms with Crippen molar-refractivity contribution >= 4 is 17.5 Å². The molecule has 6 nitrogen and oxygen atoms in total. The fourth-order valence-corrected chi connectivity index (χ4v) is 4.93. The van der Waals surface area contributed by atoms with E-state index in [9.17, 15) is 9.59 Å². The number of ether oxygens (including phenoxy) is 1. The van der Waals surface area contributed by atoms with Crippen LogP contribution in [0.1, 0.15) is 44.1 Å². The second-order valence-corrected chi connectivity index (χ2v) is 9.48. The van der Waals surface area contributed by atoms with Crippen LogP contribution in [0.25, 0.3) is 0 Å². The van der Waals surface area contributed by atoms with Crippen molar-refractivity contribution in [1.29, 1.82) is 0 Å². The summed E-state index contributed by atoms with van der Waals surface area (Å²) in [5, 5.41) is 0. The zero-order chi connectivity index (χ0) is 23.8. The number of carbonyl (C=O) groups is 2. The average Bonchev–Trinajstić information content (AvgIpc) is 2.90. The van der Waals surface area contributed by atoms with E-state index in [2.05, 4.69) is 29.2 Å². The van der Waals surface area contributed by atoms with Gasteiger partial charge in [-0.25, -0.2) is 0 Å². The molecule has 0 aliphatic carbocycles. The maximum atomic E-state index is 13.0. The number of para-hydroxylation sites is 1. The summed E-state index contributed by atoms with van der Waals surface area (Å²) in [6.07, 6.45) is 5.68. The van der Waals surface area contributed by atoms with Crippen molar-refractivity contribution in [3.8, 4) is 5.75 Å². The maximum absolute atomic E-state index is 13.0. The van der Waals surface area contributed by atoms with E-state index in [0.717, 1.165) is 37.2 Å². The van der Waals surface area contributed by atoms with Gasteiger partial charge in [-0.2, -0.15) is 0 Å². The molecule has 182 valence electrons. The minimum Gasteiger partial charge on any atom is -0.493 e. The van der Waals surface area contributed by atoms with Gasteiger partial charge in [0.25, 0.3) is 0 Å². The molecule has 34 heavy (non-hydrogen) atoms. The standard InChI is InChI=1S/C28H37N3O3/c1-29(22-23-10-12-25(13-11-23)30-17-6-3-7-18-30)28(33)24-14-19-31(20-15-24)27(32)16-21-34-26-8-4-2-5-9-26/h2,4-5,8-13,24H,3,6-7,14-22H2,1H3. The number of amides is 2. The smallest absolute Gasteiger partial charge is 0.225 e. The van der Waals surface area contributed by atoms with Crippen LogP contribution in [0.5, 0.6) is 5.75 Å². The van der Waals surface area contributed by atoms with Crippen molar-refractivity contribution in [3.63, 3.8) is 0 Å². The van der Waals surface area contributed by atoms with Gasteiger partial charge in [-0.05, 0) is 61.9 Å². The Morgan fingerprint density at radius 1 is 0.912 bits per heavy atom. The molecule has 0 radical (unpaired) electrons. The number of nitrogens with zero attached hydrogens (tertiary/aromatic N) is 3. The molecule has 6 heteroatoms. The number of likely N-dealkylation sites (tertiary alicyclic amines) is 1. The third-order valence-corrected chi connectivity index (χ3v) is 6.98. The zero-order valence-electron chi connectivity index (χ0n) is 20.3. The molecule has 2 aromatic rings. The average molecular weight is 464 g/mol. The van der Waals surface area contributed by atoms with Gasteiger partial charge in [0.15, 0.2) is 0 Å². The molecule has 0 aromatic heterocycles. The summed E-state index contributed by atoms with van der Waals surface area (Å²) in [5.74, 6) is 1.05. The van der Waals surface area contributed by atoms with Gasteiger partial charge in [0, 0.05) is 51.4 Å². The fraction of sp³-hybridized carbons (Fsp3) is 0.500. The van der Waals surface area contributed by atoms with Gasteiger partial charge in [0.1, 0.15) is 5.75 Å². The highest BCUT2D eigenvalue weighted by atomic mass is 16.5. The lowest BCUT2D eigenvalue weighted by Crippen LogP contribution is -2.43. The third-order valence-electron chi connectivity index (χ3n) is 6.98. The van der Waals surface area contributed by atoms with Crippen molar-refractivity contribution in [3.05, 3.63) is 60.2 Å². The van der Waals surface area contributed by atoms with Gasteiger partial charge in [-0.15, -0.1) is 0 Å². The van der Waals surface area contributed by atoms with Gasteiger partial charge in [0.2, 0.25) is 11.8 Å².